The van der Waals surface area contributed by atoms with Crippen LogP contribution in [0, 0.1) is 10.6 Å². The zero-order valence-electron chi connectivity index (χ0n) is 12.9. The third kappa shape index (κ3) is 3.99. The average molecular weight is 370 g/mol. The summed E-state index contributed by atoms with van der Waals surface area (Å²) >= 11 is 7.01. The summed E-state index contributed by atoms with van der Waals surface area (Å²) in [5, 5.41) is 24.6. The Bertz CT molecular complexity index is 697. The van der Waals surface area contributed by atoms with Crippen LogP contribution in [-0.4, -0.2) is 29.1 Å². The quantitative estimate of drug-likeness (QED) is 0.421. The van der Waals surface area contributed by atoms with Crippen molar-refractivity contribution in [1.82, 2.24) is 15.5 Å². The maximum Gasteiger partial charge on any atom is 0.188 e. The fraction of sp³-hybridized carbons (Fsp3) is 0.429. The summed E-state index contributed by atoms with van der Waals surface area (Å²) in [6.45, 7) is 1.74. The molecule has 1 aliphatic rings. The first-order chi connectivity index (χ1) is 11.5. The molecule has 2 aromatic rings. The Kier molecular flexibility index (Phi) is 5.24. The molecule has 0 aliphatic carbocycles. The number of halogens is 1. The Hall–Kier alpha value is -1.81. The monoisotopic (exact) mass is 369 g/mol. The molecule has 1 saturated heterocycles. The third-order valence-electron chi connectivity index (χ3n) is 3.99. The molecule has 0 amide bonds. The van der Waals surface area contributed by atoms with Gasteiger partial charge in [-0.15, -0.1) is 11.3 Å². The second-order valence-corrected chi connectivity index (χ2v) is 7.27. The number of thiophene rings is 1. The fourth-order valence-corrected chi connectivity index (χ4v) is 3.58. The van der Waals surface area contributed by atoms with Crippen molar-refractivity contribution >= 4 is 33.9 Å². The zero-order chi connectivity index (χ0) is 17.1. The van der Waals surface area contributed by atoms with Crippen molar-refractivity contribution in [3.63, 3.8) is 0 Å². The molecule has 4 N–H and O–H groups in total. The fourth-order valence-electron chi connectivity index (χ4n) is 2.66. The van der Waals surface area contributed by atoms with E-state index in [4.69, 9.17) is 27.3 Å². The number of nitrogens with zero attached hydrogens (tertiary/aromatic N) is 3. The maximum absolute atomic E-state index is 11.9. The van der Waals surface area contributed by atoms with Gasteiger partial charge in [0.25, 0.3) is 0 Å². The van der Waals surface area contributed by atoms with Gasteiger partial charge in [0.2, 0.25) is 0 Å². The van der Waals surface area contributed by atoms with E-state index >= 15 is 0 Å². The van der Waals surface area contributed by atoms with Crippen molar-refractivity contribution < 1.29 is 4.52 Å². The molecule has 0 bridgehead atoms. The number of piperidine rings is 1. The van der Waals surface area contributed by atoms with E-state index < -0.39 is 0 Å². The molecule has 1 aliphatic heterocycles. The van der Waals surface area contributed by atoms with E-state index in [0.717, 1.165) is 31.6 Å². The average Bonchev–Trinajstić information content (AvgIpc) is 3.22. The van der Waals surface area contributed by atoms with Crippen LogP contribution >= 0.6 is 22.9 Å². The largest absolute Gasteiger partial charge is 0.743 e. The van der Waals surface area contributed by atoms with Crippen LogP contribution in [0.3, 0.4) is 0 Å². The first-order valence-electron chi connectivity index (χ1n) is 7.53. The van der Waals surface area contributed by atoms with Crippen molar-refractivity contribution in [3.05, 3.63) is 39.2 Å². The van der Waals surface area contributed by atoms with E-state index in [1.54, 1.807) is 12.1 Å². The van der Waals surface area contributed by atoms with Gasteiger partial charge >= 0.3 is 0 Å². The smallest absolute Gasteiger partial charge is 0.188 e. The minimum atomic E-state index is 0.114. The van der Waals surface area contributed by atoms with Crippen LogP contribution in [0.5, 0.6) is 0 Å². The van der Waals surface area contributed by atoms with Crippen molar-refractivity contribution in [1.29, 1.82) is 5.41 Å². The lowest BCUT2D eigenvalue weighted by Gasteiger charge is -2.31. The molecule has 2 aromatic heterocycles. The predicted octanol–water partition coefficient (Wildman–Crippen LogP) is 2.47. The van der Waals surface area contributed by atoms with Gasteiger partial charge in [-0.3, -0.25) is 5.41 Å². The molecule has 0 saturated carbocycles. The van der Waals surface area contributed by atoms with Gasteiger partial charge in [-0.25, -0.2) is 5.43 Å². The Morgan fingerprint density at radius 2 is 2.29 bits per heavy atom. The van der Waals surface area contributed by atoms with Gasteiger partial charge in [-0.1, -0.05) is 16.8 Å². The summed E-state index contributed by atoms with van der Waals surface area (Å²) in [6.07, 6.45) is 1.75. The van der Waals surface area contributed by atoms with E-state index in [-0.39, 0.29) is 18.4 Å². The molecule has 0 aromatic carbocycles. The number of hydrogen-bond acceptors (Lipinski definition) is 7. The zero-order valence-corrected chi connectivity index (χ0v) is 14.4. The molecule has 0 spiro atoms. The van der Waals surface area contributed by atoms with Crippen LogP contribution in [0.2, 0.25) is 4.34 Å². The highest BCUT2D eigenvalue weighted by molar-refractivity contribution is 7.19. The summed E-state index contributed by atoms with van der Waals surface area (Å²) in [6, 6.07) is 5.20. The molecule has 0 radical (unpaired) electrons. The van der Waals surface area contributed by atoms with Crippen LogP contribution in [0.15, 0.2) is 22.7 Å². The maximum atomic E-state index is 11.9. The Morgan fingerprint density at radius 1 is 1.54 bits per heavy atom. The minimum Gasteiger partial charge on any atom is -0.743 e. The molecular formula is C14H18ClN6O2S-. The lowest BCUT2D eigenvalue weighted by atomic mass is 9.93. The van der Waals surface area contributed by atoms with Gasteiger partial charge in [0, 0.05) is 25.1 Å². The number of likely N-dealkylation sites (tertiary alicyclic amines) is 1. The summed E-state index contributed by atoms with van der Waals surface area (Å²) in [5.74, 6) is 1.00. The van der Waals surface area contributed by atoms with E-state index in [2.05, 4.69) is 10.6 Å². The molecular weight excluding hydrogens is 352 g/mol. The molecule has 24 heavy (non-hydrogen) atoms. The number of anilines is 1. The number of guanidine groups is 1. The van der Waals surface area contributed by atoms with Crippen LogP contribution in [0.4, 0.5) is 5.00 Å². The highest BCUT2D eigenvalue weighted by Gasteiger charge is 2.23. The molecule has 8 nitrogen and oxygen atoms in total. The number of rotatable bonds is 5. The molecule has 1 fully saturated rings. The van der Waals surface area contributed by atoms with Crippen molar-refractivity contribution in [2.75, 3.05) is 18.3 Å². The Balaban J connectivity index is 1.51. The second kappa shape index (κ2) is 7.39. The van der Waals surface area contributed by atoms with Crippen molar-refractivity contribution in [2.24, 2.45) is 5.73 Å². The SMILES string of the molecule is N=C(N)N1CCC(c2cc(CNN([O-])c3ccc(Cl)s3)on2)CC1. The van der Waals surface area contributed by atoms with E-state index in [0.29, 0.717) is 20.3 Å². The first-order valence-corrected chi connectivity index (χ1v) is 8.73. The number of hydrazine groups is 1. The van der Waals surface area contributed by atoms with Crippen LogP contribution in [0.25, 0.3) is 0 Å². The van der Waals surface area contributed by atoms with E-state index in [1.165, 1.54) is 11.3 Å². The molecule has 130 valence electrons. The number of nitrogens with two attached hydrogens (primary N) is 1. The number of nitrogens with one attached hydrogen (secondary N) is 2. The summed E-state index contributed by atoms with van der Waals surface area (Å²) in [7, 11) is 0. The molecule has 3 heterocycles. The van der Waals surface area contributed by atoms with E-state index in [9.17, 15) is 5.21 Å². The molecule has 0 atom stereocenters. The Labute approximate surface area is 148 Å². The van der Waals surface area contributed by atoms with E-state index in [1.807, 2.05) is 11.0 Å². The lowest BCUT2D eigenvalue weighted by molar-refractivity contribution is 0.296. The third-order valence-corrected chi connectivity index (χ3v) is 5.19. The molecule has 10 heteroatoms. The molecule has 3 rings (SSSR count). The van der Waals surface area contributed by atoms with Gasteiger partial charge in [0.1, 0.15) is 0 Å². The van der Waals surface area contributed by atoms with Gasteiger partial charge < -0.3 is 25.5 Å². The highest BCUT2D eigenvalue weighted by Crippen LogP contribution is 2.29. The topological polar surface area (TPSA) is 117 Å². The highest BCUT2D eigenvalue weighted by atomic mass is 35.5. The number of hydrogen-bond donors (Lipinski definition) is 3. The standard InChI is InChI=1S/C14H18ClN6O2S/c15-12-1-2-13(24-12)21(22)18-8-10-7-11(19-23-10)9-3-5-20(6-4-9)14(16)17/h1-2,7,9,18H,3-6,8H2,(H3,16,17)/q-1. The summed E-state index contributed by atoms with van der Waals surface area (Å²) in [4.78, 5) is 1.85. The minimum absolute atomic E-state index is 0.114. The molecule has 0 unspecified atom stereocenters. The van der Waals surface area contributed by atoms with Crippen LogP contribution in [-0.2, 0) is 6.54 Å². The van der Waals surface area contributed by atoms with Gasteiger partial charge in [-0.05, 0) is 25.0 Å². The van der Waals surface area contributed by atoms with Crippen LogP contribution in [0.1, 0.15) is 30.2 Å². The Morgan fingerprint density at radius 3 is 2.92 bits per heavy atom. The number of aromatic nitrogens is 1. The summed E-state index contributed by atoms with van der Waals surface area (Å²) in [5.41, 5.74) is 9.09. The van der Waals surface area contributed by atoms with Gasteiger partial charge in [0.05, 0.1) is 21.6 Å². The first kappa shape index (κ1) is 17.0. The van der Waals surface area contributed by atoms with Gasteiger partial charge in [-0.2, -0.15) is 0 Å². The van der Waals surface area contributed by atoms with Crippen molar-refractivity contribution in [2.45, 2.75) is 25.3 Å². The van der Waals surface area contributed by atoms with Gasteiger partial charge in [0.15, 0.2) is 11.7 Å². The normalized spacial score (nSPS) is 15.7. The second-order valence-electron chi connectivity index (χ2n) is 5.57. The lowest BCUT2D eigenvalue weighted by Crippen LogP contribution is -2.41. The van der Waals surface area contributed by atoms with Crippen LogP contribution < -0.4 is 16.3 Å². The van der Waals surface area contributed by atoms with Crippen molar-refractivity contribution in [3.8, 4) is 0 Å². The summed E-state index contributed by atoms with van der Waals surface area (Å²) < 4.78 is 5.86. The predicted molar refractivity (Wildman–Crippen MR) is 94.0 cm³/mol.